The lowest BCUT2D eigenvalue weighted by Crippen LogP contribution is -2.32. The van der Waals surface area contributed by atoms with E-state index < -0.39 is 0 Å². The second-order valence-corrected chi connectivity index (χ2v) is 7.01. The van der Waals surface area contributed by atoms with Crippen LogP contribution in [0.25, 0.3) is 6.08 Å². The molecule has 1 amide bonds. The van der Waals surface area contributed by atoms with Crippen LogP contribution in [-0.2, 0) is 0 Å². The van der Waals surface area contributed by atoms with Gasteiger partial charge in [-0.3, -0.25) is 9.79 Å². The van der Waals surface area contributed by atoms with Gasteiger partial charge in [-0.25, -0.2) is 0 Å². The molecule has 0 bridgehead atoms. The summed E-state index contributed by atoms with van der Waals surface area (Å²) in [4.78, 5) is 19.4. The smallest absolute Gasteiger partial charge is 0.260 e. The predicted octanol–water partition coefficient (Wildman–Crippen LogP) is 4.88. The third-order valence-electron chi connectivity index (χ3n) is 4.82. The van der Waals surface area contributed by atoms with Crippen LogP contribution < -0.4 is 9.47 Å². The molecule has 28 heavy (non-hydrogen) atoms. The summed E-state index contributed by atoms with van der Waals surface area (Å²) in [7, 11) is 3.11. The Kier molecular flexibility index (Phi) is 4.92. The number of carbonyl (C=O) groups is 1. The molecule has 0 fully saturated rings. The van der Waals surface area contributed by atoms with Gasteiger partial charge in [-0.1, -0.05) is 35.9 Å². The van der Waals surface area contributed by atoms with Crippen molar-refractivity contribution in [1.82, 2.24) is 4.90 Å². The molecule has 0 radical (unpaired) electrons. The highest BCUT2D eigenvalue weighted by molar-refractivity contribution is 6.30. The van der Waals surface area contributed by atoms with Gasteiger partial charge in [0.1, 0.15) is 0 Å². The van der Waals surface area contributed by atoms with E-state index in [-0.39, 0.29) is 11.9 Å². The Balaban J connectivity index is 1.62. The van der Waals surface area contributed by atoms with Gasteiger partial charge in [-0.15, -0.1) is 0 Å². The van der Waals surface area contributed by atoms with Crippen molar-refractivity contribution in [3.63, 3.8) is 0 Å². The minimum Gasteiger partial charge on any atom is -0.493 e. The van der Waals surface area contributed by atoms with Crippen LogP contribution in [0.2, 0.25) is 5.02 Å². The fourth-order valence-corrected chi connectivity index (χ4v) is 3.47. The number of methoxy groups -OCH3 is 2. The first-order valence-electron chi connectivity index (χ1n) is 8.86. The quantitative estimate of drug-likeness (QED) is 0.742. The first kappa shape index (κ1) is 18.3. The Morgan fingerprint density at radius 1 is 1.11 bits per heavy atom. The average Bonchev–Trinajstić information content (AvgIpc) is 3.08. The summed E-state index contributed by atoms with van der Waals surface area (Å²) in [5.41, 5.74) is 3.19. The van der Waals surface area contributed by atoms with Crippen molar-refractivity contribution in [3.8, 4) is 11.5 Å². The molecule has 1 atom stereocenters. The number of amides is 1. The summed E-state index contributed by atoms with van der Waals surface area (Å²) in [6.07, 6.45) is 8.44. The zero-order valence-electron chi connectivity index (χ0n) is 15.6. The number of fused-ring (bicyclic) bond motifs is 2. The lowest BCUT2D eigenvalue weighted by Gasteiger charge is -2.18. The number of aliphatic imine (C=N–C) groups is 1. The average molecular weight is 395 g/mol. The van der Waals surface area contributed by atoms with Crippen LogP contribution in [0.1, 0.15) is 22.3 Å². The van der Waals surface area contributed by atoms with Gasteiger partial charge in [0.2, 0.25) is 0 Å². The molecule has 4 rings (SSSR count). The molecule has 6 heteroatoms. The normalized spacial score (nSPS) is 18.0. The number of allylic oxidation sites excluding steroid dienone is 1. The van der Waals surface area contributed by atoms with Crippen LogP contribution in [0, 0.1) is 0 Å². The van der Waals surface area contributed by atoms with Crippen molar-refractivity contribution in [1.29, 1.82) is 0 Å². The van der Waals surface area contributed by atoms with Crippen LogP contribution in [0.3, 0.4) is 0 Å². The maximum Gasteiger partial charge on any atom is 0.260 e. The van der Waals surface area contributed by atoms with Crippen LogP contribution in [-0.4, -0.2) is 37.3 Å². The molecule has 0 saturated heterocycles. The highest BCUT2D eigenvalue weighted by atomic mass is 35.5. The number of ether oxygens (including phenoxy) is 2. The SMILES string of the molecule is COc1cc2c(cc1OC)C(=O)N1C=C(/C=C/c3ccc(Cl)cc3)C[C@H]1C=N2. The molecule has 2 aromatic carbocycles. The highest BCUT2D eigenvalue weighted by Gasteiger charge is 2.32. The number of rotatable bonds is 4. The molecule has 142 valence electrons. The van der Waals surface area contributed by atoms with E-state index in [0.717, 1.165) is 11.1 Å². The Labute approximate surface area is 168 Å². The number of benzene rings is 2. The summed E-state index contributed by atoms with van der Waals surface area (Å²) in [5.74, 6) is 0.956. The number of hydrogen-bond donors (Lipinski definition) is 0. The van der Waals surface area contributed by atoms with Crippen molar-refractivity contribution < 1.29 is 14.3 Å². The van der Waals surface area contributed by atoms with E-state index in [1.54, 1.807) is 31.3 Å². The zero-order chi connectivity index (χ0) is 19.7. The topological polar surface area (TPSA) is 51.1 Å². The zero-order valence-corrected chi connectivity index (χ0v) is 16.3. The minimum absolute atomic E-state index is 0.103. The van der Waals surface area contributed by atoms with E-state index >= 15 is 0 Å². The van der Waals surface area contributed by atoms with Gasteiger partial charge in [0, 0.05) is 23.5 Å². The van der Waals surface area contributed by atoms with Crippen LogP contribution in [0.5, 0.6) is 11.5 Å². The van der Waals surface area contributed by atoms with Gasteiger partial charge < -0.3 is 14.4 Å². The van der Waals surface area contributed by atoms with E-state index in [4.69, 9.17) is 21.1 Å². The second kappa shape index (κ2) is 7.52. The molecular weight excluding hydrogens is 376 g/mol. The van der Waals surface area contributed by atoms with E-state index in [2.05, 4.69) is 4.99 Å². The molecule has 2 heterocycles. The van der Waals surface area contributed by atoms with Crippen molar-refractivity contribution in [2.75, 3.05) is 14.2 Å². The Morgan fingerprint density at radius 2 is 1.82 bits per heavy atom. The van der Waals surface area contributed by atoms with E-state index in [1.165, 1.54) is 0 Å². The first-order valence-corrected chi connectivity index (χ1v) is 9.24. The van der Waals surface area contributed by atoms with Gasteiger partial charge in [-0.2, -0.15) is 0 Å². The van der Waals surface area contributed by atoms with E-state index in [1.807, 2.05) is 48.8 Å². The fourth-order valence-electron chi connectivity index (χ4n) is 3.34. The second-order valence-electron chi connectivity index (χ2n) is 6.58. The van der Waals surface area contributed by atoms with Crippen LogP contribution in [0.4, 0.5) is 5.69 Å². The summed E-state index contributed by atoms with van der Waals surface area (Å²) in [6, 6.07) is 10.9. The van der Waals surface area contributed by atoms with Crippen LogP contribution in [0.15, 0.2) is 59.2 Å². The molecule has 2 aromatic rings. The van der Waals surface area contributed by atoms with Gasteiger partial charge in [-0.05, 0) is 35.8 Å². The molecule has 0 N–H and O–H groups in total. The number of carbonyl (C=O) groups excluding carboxylic acids is 1. The number of halogens is 1. The minimum atomic E-state index is -0.109. The van der Waals surface area contributed by atoms with Gasteiger partial charge in [0.05, 0.1) is 31.5 Å². The van der Waals surface area contributed by atoms with Crippen LogP contribution >= 0.6 is 11.6 Å². The molecule has 0 spiro atoms. The largest absolute Gasteiger partial charge is 0.493 e. The lowest BCUT2D eigenvalue weighted by molar-refractivity contribution is 0.0817. The Hall–Kier alpha value is -3.05. The van der Waals surface area contributed by atoms with Gasteiger partial charge >= 0.3 is 0 Å². The van der Waals surface area contributed by atoms with Crippen molar-refractivity contribution in [3.05, 3.63) is 70.4 Å². The molecule has 2 aliphatic heterocycles. The highest BCUT2D eigenvalue weighted by Crippen LogP contribution is 2.38. The third kappa shape index (κ3) is 3.41. The maximum absolute atomic E-state index is 13.1. The lowest BCUT2D eigenvalue weighted by atomic mass is 10.1. The molecule has 0 aromatic heterocycles. The first-order chi connectivity index (χ1) is 13.6. The molecule has 2 aliphatic rings. The third-order valence-corrected chi connectivity index (χ3v) is 5.07. The predicted molar refractivity (Wildman–Crippen MR) is 111 cm³/mol. The summed E-state index contributed by atoms with van der Waals surface area (Å²) >= 11 is 5.92. The van der Waals surface area contributed by atoms with Crippen molar-refractivity contribution >= 4 is 35.5 Å². The molecule has 0 saturated carbocycles. The molecule has 5 nitrogen and oxygen atoms in total. The Bertz CT molecular complexity index is 1010. The summed E-state index contributed by atoms with van der Waals surface area (Å²) in [6.45, 7) is 0. The van der Waals surface area contributed by atoms with E-state index in [9.17, 15) is 4.79 Å². The maximum atomic E-state index is 13.1. The summed E-state index contributed by atoms with van der Waals surface area (Å²) < 4.78 is 10.7. The summed E-state index contributed by atoms with van der Waals surface area (Å²) in [5, 5.41) is 0.707. The molecular formula is C22H19ClN2O3. The standard InChI is InChI=1S/C22H19ClN2O3/c1-27-20-10-18-19(11-21(20)28-2)24-12-17-9-15(13-25(17)22(18)26)4-3-14-5-7-16(23)8-6-14/h3-8,10-13,17H,9H2,1-2H3/b4-3+/t17-/m0/s1. The van der Waals surface area contributed by atoms with E-state index in [0.29, 0.717) is 34.2 Å². The van der Waals surface area contributed by atoms with Crippen molar-refractivity contribution in [2.45, 2.75) is 12.5 Å². The monoisotopic (exact) mass is 394 g/mol. The van der Waals surface area contributed by atoms with Gasteiger partial charge in [0.25, 0.3) is 5.91 Å². The van der Waals surface area contributed by atoms with Gasteiger partial charge in [0.15, 0.2) is 11.5 Å². The fraction of sp³-hybridized carbons (Fsp3) is 0.182. The molecule has 0 unspecified atom stereocenters. The number of nitrogens with zero attached hydrogens (tertiary/aromatic N) is 2. The van der Waals surface area contributed by atoms with Crippen molar-refractivity contribution in [2.24, 2.45) is 4.99 Å². The Morgan fingerprint density at radius 3 is 2.54 bits per heavy atom. The molecule has 0 aliphatic carbocycles. The number of hydrogen-bond acceptors (Lipinski definition) is 4.